The van der Waals surface area contributed by atoms with Gasteiger partial charge < -0.3 is 5.73 Å². The van der Waals surface area contributed by atoms with Gasteiger partial charge in [0.05, 0.1) is 10.5 Å². The summed E-state index contributed by atoms with van der Waals surface area (Å²) in [5, 5.41) is 0. The third-order valence-corrected chi connectivity index (χ3v) is 5.63. The molecule has 8 heteroatoms. The summed E-state index contributed by atoms with van der Waals surface area (Å²) in [5.41, 5.74) is 4.98. The summed E-state index contributed by atoms with van der Waals surface area (Å²) in [6.45, 7) is 2.43. The Balaban J connectivity index is 2.24. The first-order chi connectivity index (χ1) is 9.62. The minimum Gasteiger partial charge on any atom is -0.327 e. The number of piperidine rings is 1. The van der Waals surface area contributed by atoms with Crippen LogP contribution in [0.3, 0.4) is 0 Å². The standard InChI is InChI=1S/C13H17F3N2O2S/c1-9-8-18(7-6-12(9)17)21(19,20)11-4-2-10(3-5-11)13(14,15)16/h2-5,9,12H,6-8,17H2,1H3. The van der Waals surface area contributed by atoms with Crippen LogP contribution in [0.5, 0.6) is 0 Å². The molecule has 0 radical (unpaired) electrons. The van der Waals surface area contributed by atoms with Gasteiger partial charge in [-0.05, 0) is 36.6 Å². The lowest BCUT2D eigenvalue weighted by atomic mass is 9.96. The van der Waals surface area contributed by atoms with Crippen LogP contribution in [0.15, 0.2) is 29.2 Å². The second kappa shape index (κ2) is 5.58. The van der Waals surface area contributed by atoms with Crippen molar-refractivity contribution < 1.29 is 21.6 Å². The number of nitrogens with zero attached hydrogens (tertiary/aromatic N) is 1. The molecule has 0 saturated carbocycles. The molecule has 1 heterocycles. The quantitative estimate of drug-likeness (QED) is 0.906. The molecule has 2 atom stereocenters. The van der Waals surface area contributed by atoms with Gasteiger partial charge in [-0.1, -0.05) is 6.92 Å². The molecule has 0 spiro atoms. The molecule has 0 amide bonds. The van der Waals surface area contributed by atoms with Gasteiger partial charge in [0.25, 0.3) is 0 Å². The molecule has 4 nitrogen and oxygen atoms in total. The van der Waals surface area contributed by atoms with Crippen LogP contribution in [0.1, 0.15) is 18.9 Å². The first-order valence-corrected chi connectivity index (χ1v) is 7.99. The Morgan fingerprint density at radius 3 is 2.29 bits per heavy atom. The predicted octanol–water partition coefficient (Wildman–Crippen LogP) is 2.06. The Labute approximate surface area is 121 Å². The molecule has 2 rings (SSSR count). The number of hydrogen-bond donors (Lipinski definition) is 1. The molecule has 1 fully saturated rings. The van der Waals surface area contributed by atoms with Gasteiger partial charge in [0.15, 0.2) is 0 Å². The zero-order valence-corrected chi connectivity index (χ0v) is 12.3. The van der Waals surface area contributed by atoms with Crippen LogP contribution >= 0.6 is 0 Å². The van der Waals surface area contributed by atoms with E-state index in [2.05, 4.69) is 0 Å². The highest BCUT2D eigenvalue weighted by Crippen LogP contribution is 2.30. The Kier molecular flexibility index (Phi) is 4.32. The maximum absolute atomic E-state index is 12.5. The molecule has 1 saturated heterocycles. The van der Waals surface area contributed by atoms with Crippen LogP contribution in [0.25, 0.3) is 0 Å². The van der Waals surface area contributed by atoms with E-state index in [9.17, 15) is 21.6 Å². The Bertz CT molecular complexity index is 599. The summed E-state index contributed by atoms with van der Waals surface area (Å²) < 4.78 is 63.6. The highest BCUT2D eigenvalue weighted by atomic mass is 32.2. The van der Waals surface area contributed by atoms with Crippen LogP contribution in [0.2, 0.25) is 0 Å². The van der Waals surface area contributed by atoms with Gasteiger partial charge in [-0.3, -0.25) is 0 Å². The van der Waals surface area contributed by atoms with Crippen LogP contribution in [-0.2, 0) is 16.2 Å². The molecule has 2 unspecified atom stereocenters. The van der Waals surface area contributed by atoms with Crippen molar-refractivity contribution in [1.82, 2.24) is 4.31 Å². The molecule has 0 bridgehead atoms. The summed E-state index contributed by atoms with van der Waals surface area (Å²) in [6, 6.07) is 3.51. The fourth-order valence-electron chi connectivity index (χ4n) is 2.31. The first kappa shape index (κ1) is 16.3. The molecule has 2 N–H and O–H groups in total. The smallest absolute Gasteiger partial charge is 0.327 e. The molecule has 1 aliphatic heterocycles. The molecule has 0 aliphatic carbocycles. The third kappa shape index (κ3) is 3.38. The van der Waals surface area contributed by atoms with E-state index in [4.69, 9.17) is 5.73 Å². The fourth-order valence-corrected chi connectivity index (χ4v) is 3.86. The van der Waals surface area contributed by atoms with Crippen LogP contribution in [-0.4, -0.2) is 31.9 Å². The van der Waals surface area contributed by atoms with Crippen LogP contribution < -0.4 is 5.73 Å². The minimum absolute atomic E-state index is 0.0166. The zero-order chi connectivity index (χ0) is 15.8. The van der Waals surface area contributed by atoms with Crippen LogP contribution in [0.4, 0.5) is 13.2 Å². The van der Waals surface area contributed by atoms with Crippen molar-refractivity contribution in [3.8, 4) is 0 Å². The van der Waals surface area contributed by atoms with Crippen molar-refractivity contribution in [1.29, 1.82) is 0 Å². The van der Waals surface area contributed by atoms with Gasteiger partial charge in [0.1, 0.15) is 0 Å². The monoisotopic (exact) mass is 322 g/mol. The third-order valence-electron chi connectivity index (χ3n) is 3.75. The number of hydrogen-bond acceptors (Lipinski definition) is 3. The zero-order valence-electron chi connectivity index (χ0n) is 11.5. The fraction of sp³-hybridized carbons (Fsp3) is 0.538. The molecular formula is C13H17F3N2O2S. The average molecular weight is 322 g/mol. The van der Waals surface area contributed by atoms with Crippen molar-refractivity contribution in [3.05, 3.63) is 29.8 Å². The molecule has 0 aromatic heterocycles. The van der Waals surface area contributed by atoms with E-state index in [1.165, 1.54) is 4.31 Å². The van der Waals surface area contributed by atoms with Crippen LogP contribution in [0, 0.1) is 5.92 Å². The van der Waals surface area contributed by atoms with Crippen molar-refractivity contribution >= 4 is 10.0 Å². The first-order valence-electron chi connectivity index (χ1n) is 6.55. The maximum Gasteiger partial charge on any atom is 0.416 e. The van der Waals surface area contributed by atoms with E-state index in [-0.39, 0.29) is 29.9 Å². The molecule has 1 aromatic rings. The topological polar surface area (TPSA) is 63.4 Å². The predicted molar refractivity (Wildman–Crippen MR) is 72.0 cm³/mol. The number of alkyl halides is 3. The van der Waals surface area contributed by atoms with Gasteiger partial charge >= 0.3 is 6.18 Å². The lowest BCUT2D eigenvalue weighted by molar-refractivity contribution is -0.137. The Morgan fingerprint density at radius 2 is 1.81 bits per heavy atom. The lowest BCUT2D eigenvalue weighted by Crippen LogP contribution is -2.48. The summed E-state index contributed by atoms with van der Waals surface area (Å²) in [6.07, 6.45) is -3.93. The SMILES string of the molecule is CC1CN(S(=O)(=O)c2ccc(C(F)(F)F)cc2)CCC1N. The van der Waals surface area contributed by atoms with Gasteiger partial charge in [-0.15, -0.1) is 0 Å². The molecule has 1 aromatic carbocycles. The number of halogens is 3. The highest BCUT2D eigenvalue weighted by Gasteiger charge is 2.34. The summed E-state index contributed by atoms with van der Waals surface area (Å²) in [7, 11) is -3.77. The van der Waals surface area contributed by atoms with E-state index in [1.807, 2.05) is 6.92 Å². The van der Waals surface area contributed by atoms with E-state index >= 15 is 0 Å². The van der Waals surface area contributed by atoms with E-state index in [0.29, 0.717) is 6.42 Å². The van der Waals surface area contributed by atoms with Gasteiger partial charge in [0.2, 0.25) is 10.0 Å². The van der Waals surface area contributed by atoms with Crippen molar-refractivity contribution in [2.24, 2.45) is 11.7 Å². The minimum atomic E-state index is -4.48. The lowest BCUT2D eigenvalue weighted by Gasteiger charge is -2.34. The number of sulfonamides is 1. The van der Waals surface area contributed by atoms with E-state index in [1.54, 1.807) is 0 Å². The molecule has 118 valence electrons. The average Bonchev–Trinajstić information content (AvgIpc) is 2.41. The number of rotatable bonds is 2. The van der Waals surface area contributed by atoms with Crippen molar-refractivity contribution in [2.75, 3.05) is 13.1 Å². The number of benzene rings is 1. The molecular weight excluding hydrogens is 305 g/mol. The van der Waals surface area contributed by atoms with Crippen molar-refractivity contribution in [2.45, 2.75) is 30.5 Å². The van der Waals surface area contributed by atoms with Crippen molar-refractivity contribution in [3.63, 3.8) is 0 Å². The highest BCUT2D eigenvalue weighted by molar-refractivity contribution is 7.89. The molecule has 21 heavy (non-hydrogen) atoms. The Hall–Kier alpha value is -1.12. The van der Waals surface area contributed by atoms with Gasteiger partial charge in [-0.2, -0.15) is 17.5 Å². The summed E-state index contributed by atoms with van der Waals surface area (Å²) >= 11 is 0. The second-order valence-corrected chi connectivity index (χ2v) is 7.25. The summed E-state index contributed by atoms with van der Waals surface area (Å²) in [4.78, 5) is -0.127. The summed E-state index contributed by atoms with van der Waals surface area (Å²) in [5.74, 6) is 0.0166. The number of nitrogens with two attached hydrogens (primary N) is 1. The van der Waals surface area contributed by atoms with Gasteiger partial charge in [0, 0.05) is 19.1 Å². The Morgan fingerprint density at radius 1 is 1.24 bits per heavy atom. The van der Waals surface area contributed by atoms with E-state index in [0.717, 1.165) is 24.3 Å². The van der Waals surface area contributed by atoms with E-state index < -0.39 is 21.8 Å². The van der Waals surface area contributed by atoms with Gasteiger partial charge in [-0.25, -0.2) is 8.42 Å². The normalized spacial score (nSPS) is 25.0. The maximum atomic E-state index is 12.5. The second-order valence-electron chi connectivity index (χ2n) is 5.32. The molecule has 1 aliphatic rings. The largest absolute Gasteiger partial charge is 0.416 e.